The zero-order valence-corrected chi connectivity index (χ0v) is 14.2. The quantitative estimate of drug-likeness (QED) is 0.701. The molecule has 8 heteroatoms. The van der Waals surface area contributed by atoms with E-state index in [0.29, 0.717) is 6.61 Å². The van der Waals surface area contributed by atoms with Gasteiger partial charge in [0.1, 0.15) is 0 Å². The maximum absolute atomic E-state index is 12.1. The number of amides is 1. The van der Waals surface area contributed by atoms with Gasteiger partial charge in [0, 0.05) is 13.2 Å². The Morgan fingerprint density at radius 3 is 2.52 bits per heavy atom. The lowest BCUT2D eigenvalue weighted by Crippen LogP contribution is -2.38. The summed E-state index contributed by atoms with van der Waals surface area (Å²) in [6.45, 7) is 3.07. The number of sulfone groups is 1. The average Bonchev–Trinajstić information content (AvgIpc) is 2.52. The van der Waals surface area contributed by atoms with Crippen molar-refractivity contribution >= 4 is 21.7 Å². The topological polar surface area (TPSA) is 98.8 Å². The van der Waals surface area contributed by atoms with E-state index in [1.54, 1.807) is 6.92 Å². The van der Waals surface area contributed by atoms with Crippen LogP contribution in [-0.2, 0) is 24.1 Å². The second-order valence-corrected chi connectivity index (χ2v) is 7.15. The molecule has 1 atom stereocenters. The number of rotatable bonds is 8. The van der Waals surface area contributed by atoms with Gasteiger partial charge in [-0.1, -0.05) is 19.1 Å². The molecule has 0 aliphatic rings. The van der Waals surface area contributed by atoms with Crippen molar-refractivity contribution in [3.8, 4) is 0 Å². The molecule has 23 heavy (non-hydrogen) atoms. The summed E-state index contributed by atoms with van der Waals surface area (Å²) >= 11 is 0. The first-order valence-corrected chi connectivity index (χ1v) is 8.74. The fourth-order valence-electron chi connectivity index (χ4n) is 1.88. The molecular formula is C15H21NO6S. The highest BCUT2D eigenvalue weighted by Crippen LogP contribution is 2.17. The Labute approximate surface area is 135 Å². The molecule has 0 fully saturated rings. The van der Waals surface area contributed by atoms with Crippen LogP contribution in [-0.4, -0.2) is 52.4 Å². The molecule has 0 saturated heterocycles. The largest absolute Gasteiger partial charge is 0.452 e. The third-order valence-corrected chi connectivity index (χ3v) is 4.77. The monoisotopic (exact) mass is 343 g/mol. The van der Waals surface area contributed by atoms with Crippen LogP contribution < -0.4 is 5.32 Å². The smallest absolute Gasteiger partial charge is 0.339 e. The minimum Gasteiger partial charge on any atom is -0.452 e. The summed E-state index contributed by atoms with van der Waals surface area (Å²) in [6, 6.07) is 5.54. The van der Waals surface area contributed by atoms with Crippen LogP contribution in [0.1, 0.15) is 24.2 Å². The van der Waals surface area contributed by atoms with Crippen LogP contribution in [0.2, 0.25) is 0 Å². The fourth-order valence-corrected chi connectivity index (χ4v) is 2.96. The summed E-state index contributed by atoms with van der Waals surface area (Å²) in [5, 5.41) is 2.58. The maximum atomic E-state index is 12.1. The van der Waals surface area contributed by atoms with Crippen LogP contribution >= 0.6 is 0 Å². The molecule has 1 unspecified atom stereocenters. The molecule has 0 aliphatic carbocycles. The molecule has 1 aromatic carbocycles. The molecule has 0 radical (unpaired) electrons. The first kappa shape index (κ1) is 19.1. The summed E-state index contributed by atoms with van der Waals surface area (Å²) in [5.41, 5.74) is -0.0768. The molecule has 0 aliphatic heterocycles. The van der Waals surface area contributed by atoms with Crippen LogP contribution in [0.4, 0.5) is 0 Å². The number of carbonyl (C=O) groups is 2. The number of ether oxygens (including phenoxy) is 2. The van der Waals surface area contributed by atoms with E-state index in [2.05, 4.69) is 5.32 Å². The number of hydrogen-bond acceptors (Lipinski definition) is 6. The van der Waals surface area contributed by atoms with E-state index in [1.165, 1.54) is 38.3 Å². The zero-order valence-electron chi connectivity index (χ0n) is 13.4. The van der Waals surface area contributed by atoms with Crippen molar-refractivity contribution in [2.75, 3.05) is 26.1 Å². The Balaban J connectivity index is 2.75. The van der Waals surface area contributed by atoms with E-state index >= 15 is 0 Å². The summed E-state index contributed by atoms with van der Waals surface area (Å²) in [4.78, 5) is 23.6. The molecule has 0 saturated carbocycles. The molecule has 0 aromatic heterocycles. The number of benzene rings is 1. The van der Waals surface area contributed by atoms with Crippen LogP contribution in [0.3, 0.4) is 0 Å². The summed E-state index contributed by atoms with van der Waals surface area (Å²) in [5.74, 6) is -1.47. The third-order valence-electron chi connectivity index (χ3n) is 2.98. The predicted molar refractivity (Wildman–Crippen MR) is 83.9 cm³/mol. The molecule has 1 aromatic rings. The molecule has 128 valence electrons. The molecular weight excluding hydrogens is 322 g/mol. The summed E-state index contributed by atoms with van der Waals surface area (Å²) in [7, 11) is -2.05. The fraction of sp³-hybridized carbons (Fsp3) is 0.467. The second kappa shape index (κ2) is 8.64. The Hall–Kier alpha value is -1.93. The van der Waals surface area contributed by atoms with E-state index in [4.69, 9.17) is 9.47 Å². The normalized spacial score (nSPS) is 12.5. The SMILES string of the molecule is CCS(=O)(=O)c1ccccc1C(=O)OCC(=O)NC(C)COC. The van der Waals surface area contributed by atoms with Crippen molar-refractivity contribution < 1.29 is 27.5 Å². The van der Waals surface area contributed by atoms with Gasteiger partial charge in [0.05, 0.1) is 22.8 Å². The van der Waals surface area contributed by atoms with Crippen LogP contribution in [0, 0.1) is 0 Å². The minimum absolute atomic E-state index is 0.0768. The Morgan fingerprint density at radius 1 is 1.26 bits per heavy atom. The molecule has 7 nitrogen and oxygen atoms in total. The maximum Gasteiger partial charge on any atom is 0.339 e. The first-order valence-electron chi connectivity index (χ1n) is 7.09. The highest BCUT2D eigenvalue weighted by molar-refractivity contribution is 7.91. The zero-order chi connectivity index (χ0) is 17.5. The molecule has 1 amide bonds. The van der Waals surface area contributed by atoms with Crippen molar-refractivity contribution in [1.29, 1.82) is 0 Å². The highest BCUT2D eigenvalue weighted by Gasteiger charge is 2.22. The van der Waals surface area contributed by atoms with E-state index in [0.717, 1.165) is 0 Å². The molecule has 1 N–H and O–H groups in total. The van der Waals surface area contributed by atoms with Gasteiger partial charge in [-0.05, 0) is 19.1 Å². The number of methoxy groups -OCH3 is 1. The van der Waals surface area contributed by atoms with Crippen LogP contribution in [0.15, 0.2) is 29.2 Å². The van der Waals surface area contributed by atoms with E-state index in [-0.39, 0.29) is 22.3 Å². The van der Waals surface area contributed by atoms with E-state index in [9.17, 15) is 18.0 Å². The van der Waals surface area contributed by atoms with Gasteiger partial charge in [-0.2, -0.15) is 0 Å². The van der Waals surface area contributed by atoms with Crippen molar-refractivity contribution in [3.63, 3.8) is 0 Å². The van der Waals surface area contributed by atoms with E-state index in [1.807, 2.05) is 0 Å². The van der Waals surface area contributed by atoms with Crippen molar-refractivity contribution in [3.05, 3.63) is 29.8 Å². The lowest BCUT2D eigenvalue weighted by Gasteiger charge is -2.13. The van der Waals surface area contributed by atoms with Gasteiger partial charge in [-0.15, -0.1) is 0 Å². The number of hydrogen-bond donors (Lipinski definition) is 1. The van der Waals surface area contributed by atoms with Gasteiger partial charge in [0.15, 0.2) is 16.4 Å². The number of esters is 1. The lowest BCUT2D eigenvalue weighted by molar-refractivity contribution is -0.125. The van der Waals surface area contributed by atoms with Gasteiger partial charge < -0.3 is 14.8 Å². The first-order chi connectivity index (χ1) is 10.8. The highest BCUT2D eigenvalue weighted by atomic mass is 32.2. The van der Waals surface area contributed by atoms with Gasteiger partial charge in [0.2, 0.25) is 0 Å². The minimum atomic E-state index is -3.56. The number of nitrogens with one attached hydrogen (secondary N) is 1. The molecule has 0 bridgehead atoms. The van der Waals surface area contributed by atoms with Gasteiger partial charge in [-0.25, -0.2) is 13.2 Å². The molecule has 0 heterocycles. The standard InChI is InChI=1S/C15H21NO6S/c1-4-23(19,20)13-8-6-5-7-12(13)15(18)22-10-14(17)16-11(2)9-21-3/h5-8,11H,4,9-10H2,1-3H3,(H,16,17). The summed E-state index contributed by atoms with van der Waals surface area (Å²) < 4.78 is 33.7. The van der Waals surface area contributed by atoms with Crippen LogP contribution in [0.5, 0.6) is 0 Å². The Morgan fingerprint density at radius 2 is 1.91 bits per heavy atom. The van der Waals surface area contributed by atoms with E-state index < -0.39 is 28.3 Å². The van der Waals surface area contributed by atoms with Gasteiger partial charge in [0.25, 0.3) is 5.91 Å². The van der Waals surface area contributed by atoms with Crippen molar-refractivity contribution in [2.45, 2.75) is 24.8 Å². The van der Waals surface area contributed by atoms with Gasteiger partial charge >= 0.3 is 5.97 Å². The van der Waals surface area contributed by atoms with Crippen molar-refractivity contribution in [2.24, 2.45) is 0 Å². The third kappa shape index (κ3) is 5.65. The second-order valence-electron chi connectivity index (χ2n) is 4.90. The Bertz CT molecular complexity index is 656. The van der Waals surface area contributed by atoms with Crippen LogP contribution in [0.25, 0.3) is 0 Å². The summed E-state index contributed by atoms with van der Waals surface area (Å²) in [6.07, 6.45) is 0. The lowest BCUT2D eigenvalue weighted by atomic mass is 10.2. The van der Waals surface area contributed by atoms with Gasteiger partial charge in [-0.3, -0.25) is 4.79 Å². The average molecular weight is 343 g/mol. The molecule has 0 spiro atoms. The Kier molecular flexibility index (Phi) is 7.18. The number of carbonyl (C=O) groups excluding carboxylic acids is 2. The predicted octanol–water partition coefficient (Wildman–Crippen LogP) is 0.788. The molecule has 1 rings (SSSR count). The van der Waals surface area contributed by atoms with Crippen molar-refractivity contribution in [1.82, 2.24) is 5.32 Å².